The van der Waals surface area contributed by atoms with Crippen molar-refractivity contribution in [2.24, 2.45) is 0 Å². The van der Waals surface area contributed by atoms with Gasteiger partial charge in [0.2, 0.25) is 6.39 Å². The summed E-state index contributed by atoms with van der Waals surface area (Å²) in [5.41, 5.74) is 0. The Balaban J connectivity index is 1.65. The lowest BCUT2D eigenvalue weighted by Crippen LogP contribution is -2.48. The van der Waals surface area contributed by atoms with Crippen LogP contribution in [0.1, 0.15) is 18.7 Å². The lowest BCUT2D eigenvalue weighted by Gasteiger charge is -2.34. The number of piperidine rings is 1. The van der Waals surface area contributed by atoms with Crippen molar-refractivity contribution in [1.82, 2.24) is 25.3 Å². The van der Waals surface area contributed by atoms with Gasteiger partial charge in [0.15, 0.2) is 5.82 Å². The lowest BCUT2D eigenvalue weighted by atomic mass is 10.1. The molecule has 0 atom stereocenters. The van der Waals surface area contributed by atoms with E-state index >= 15 is 0 Å². The van der Waals surface area contributed by atoms with Gasteiger partial charge in [0.1, 0.15) is 0 Å². The second-order valence-electron chi connectivity index (χ2n) is 4.99. The van der Waals surface area contributed by atoms with Gasteiger partial charge < -0.3 is 19.6 Å². The number of urea groups is 1. The summed E-state index contributed by atoms with van der Waals surface area (Å²) in [7, 11) is 3.58. The largest absolute Gasteiger partial charge is 0.343 e. The summed E-state index contributed by atoms with van der Waals surface area (Å²) in [6.45, 7) is 2.47. The molecule has 0 aromatic carbocycles. The Labute approximate surface area is 112 Å². The van der Waals surface area contributed by atoms with Gasteiger partial charge >= 0.3 is 6.03 Å². The molecule has 0 aliphatic carbocycles. The number of carbonyl (C=O) groups is 1. The van der Waals surface area contributed by atoms with Gasteiger partial charge in [-0.2, -0.15) is 4.98 Å². The molecule has 0 spiro atoms. The zero-order valence-electron chi connectivity index (χ0n) is 11.5. The first-order valence-corrected chi connectivity index (χ1v) is 6.61. The molecule has 0 bridgehead atoms. The van der Waals surface area contributed by atoms with Gasteiger partial charge in [-0.15, -0.1) is 0 Å². The number of nitrogens with one attached hydrogen (secondary N) is 1. The van der Waals surface area contributed by atoms with Gasteiger partial charge in [-0.1, -0.05) is 5.16 Å². The number of nitrogens with zero attached hydrogens (tertiary/aromatic N) is 4. The van der Waals surface area contributed by atoms with Gasteiger partial charge in [-0.3, -0.25) is 0 Å². The molecule has 2 amide bonds. The van der Waals surface area contributed by atoms with Crippen molar-refractivity contribution in [3.8, 4) is 0 Å². The van der Waals surface area contributed by atoms with Crippen molar-refractivity contribution in [1.29, 1.82) is 0 Å². The summed E-state index contributed by atoms with van der Waals surface area (Å²) >= 11 is 0. The van der Waals surface area contributed by atoms with Crippen LogP contribution in [-0.2, 0) is 6.42 Å². The van der Waals surface area contributed by atoms with Crippen LogP contribution in [0, 0.1) is 0 Å². The van der Waals surface area contributed by atoms with Crippen LogP contribution in [0.15, 0.2) is 10.9 Å². The van der Waals surface area contributed by atoms with E-state index in [4.69, 9.17) is 0 Å². The average molecular weight is 267 g/mol. The van der Waals surface area contributed by atoms with E-state index in [-0.39, 0.29) is 6.03 Å². The molecular weight excluding hydrogens is 246 g/mol. The molecule has 1 fully saturated rings. The molecule has 7 heteroatoms. The van der Waals surface area contributed by atoms with E-state index in [1.165, 1.54) is 6.39 Å². The second kappa shape index (κ2) is 6.51. The van der Waals surface area contributed by atoms with E-state index in [2.05, 4.69) is 20.0 Å². The molecule has 106 valence electrons. The molecule has 7 nitrogen and oxygen atoms in total. The van der Waals surface area contributed by atoms with Crippen LogP contribution < -0.4 is 5.32 Å². The molecule has 2 heterocycles. The quantitative estimate of drug-likeness (QED) is 0.852. The van der Waals surface area contributed by atoms with Gasteiger partial charge in [-0.25, -0.2) is 4.79 Å². The van der Waals surface area contributed by atoms with E-state index < -0.39 is 0 Å². The Morgan fingerprint density at radius 3 is 2.84 bits per heavy atom. The molecule has 19 heavy (non-hydrogen) atoms. The van der Waals surface area contributed by atoms with E-state index in [1.807, 2.05) is 4.90 Å². The fourth-order valence-corrected chi connectivity index (χ4v) is 2.25. The monoisotopic (exact) mass is 267 g/mol. The third-order valence-electron chi connectivity index (χ3n) is 3.34. The molecule has 0 saturated carbocycles. The predicted molar refractivity (Wildman–Crippen MR) is 69.7 cm³/mol. The minimum Gasteiger partial charge on any atom is -0.343 e. The van der Waals surface area contributed by atoms with Crippen LogP contribution in [0.2, 0.25) is 0 Å². The molecule has 1 aromatic heterocycles. The summed E-state index contributed by atoms with van der Waals surface area (Å²) in [6.07, 6.45) is 4.10. The molecular formula is C12H21N5O2. The van der Waals surface area contributed by atoms with Crippen LogP contribution in [-0.4, -0.2) is 65.7 Å². The Bertz CT molecular complexity index is 385. The zero-order valence-corrected chi connectivity index (χ0v) is 11.5. The Morgan fingerprint density at radius 2 is 2.26 bits per heavy atom. The van der Waals surface area contributed by atoms with Crippen molar-refractivity contribution in [3.63, 3.8) is 0 Å². The van der Waals surface area contributed by atoms with Crippen molar-refractivity contribution in [2.45, 2.75) is 25.3 Å². The summed E-state index contributed by atoms with van der Waals surface area (Å²) in [5, 5.41) is 7.24. The van der Waals surface area contributed by atoms with Crippen molar-refractivity contribution >= 4 is 6.03 Å². The molecule has 0 unspecified atom stereocenters. The highest BCUT2D eigenvalue weighted by Crippen LogP contribution is 2.11. The van der Waals surface area contributed by atoms with E-state index in [0.29, 0.717) is 6.04 Å². The number of amides is 2. The summed E-state index contributed by atoms with van der Waals surface area (Å²) < 4.78 is 4.68. The van der Waals surface area contributed by atoms with Crippen molar-refractivity contribution in [3.05, 3.63) is 12.2 Å². The summed E-state index contributed by atoms with van der Waals surface area (Å²) in [5.74, 6) is 0.729. The van der Waals surface area contributed by atoms with Crippen LogP contribution in [0.4, 0.5) is 4.79 Å². The fourth-order valence-electron chi connectivity index (χ4n) is 2.25. The highest BCUT2D eigenvalue weighted by Gasteiger charge is 2.23. The maximum atomic E-state index is 11.8. The molecule has 1 aliphatic heterocycles. The lowest BCUT2D eigenvalue weighted by molar-refractivity contribution is 0.152. The molecule has 2 rings (SSSR count). The molecule has 0 radical (unpaired) electrons. The molecule has 1 aromatic rings. The maximum absolute atomic E-state index is 11.8. The average Bonchev–Trinajstić information content (AvgIpc) is 2.92. The van der Waals surface area contributed by atoms with Crippen molar-refractivity contribution in [2.75, 3.05) is 33.7 Å². The Morgan fingerprint density at radius 1 is 1.53 bits per heavy atom. The second-order valence-corrected chi connectivity index (χ2v) is 4.99. The van der Waals surface area contributed by atoms with Crippen LogP contribution >= 0.6 is 0 Å². The van der Waals surface area contributed by atoms with E-state index in [1.54, 1.807) is 19.0 Å². The third kappa shape index (κ3) is 3.92. The first kappa shape index (κ1) is 13.8. The molecule has 1 N–H and O–H groups in total. The summed E-state index contributed by atoms with van der Waals surface area (Å²) in [6, 6.07) is 0.573. The number of carbonyl (C=O) groups excluding carboxylic acids is 1. The van der Waals surface area contributed by atoms with Gasteiger partial charge in [0, 0.05) is 46.2 Å². The van der Waals surface area contributed by atoms with Crippen LogP contribution in [0.3, 0.4) is 0 Å². The summed E-state index contributed by atoms with van der Waals surface area (Å²) in [4.78, 5) is 19.3. The SMILES string of the molecule is CN(C)C(=O)N1CCC(NCCc2ncon2)CC1. The Hall–Kier alpha value is -1.63. The predicted octanol–water partition coefficient (Wildman–Crippen LogP) is 0.348. The smallest absolute Gasteiger partial charge is 0.319 e. The minimum absolute atomic E-state index is 0.102. The van der Waals surface area contributed by atoms with Gasteiger partial charge in [0.05, 0.1) is 0 Å². The first-order valence-electron chi connectivity index (χ1n) is 6.61. The minimum atomic E-state index is 0.102. The third-order valence-corrected chi connectivity index (χ3v) is 3.34. The number of hydrogen-bond donors (Lipinski definition) is 1. The highest BCUT2D eigenvalue weighted by molar-refractivity contribution is 5.73. The van der Waals surface area contributed by atoms with Gasteiger partial charge in [-0.05, 0) is 12.8 Å². The van der Waals surface area contributed by atoms with E-state index in [0.717, 1.165) is 44.7 Å². The van der Waals surface area contributed by atoms with Crippen LogP contribution in [0.5, 0.6) is 0 Å². The number of hydrogen-bond acceptors (Lipinski definition) is 5. The maximum Gasteiger partial charge on any atom is 0.319 e. The molecule has 1 saturated heterocycles. The molecule has 1 aliphatic rings. The number of aromatic nitrogens is 2. The first-order chi connectivity index (χ1) is 9.16. The van der Waals surface area contributed by atoms with E-state index in [9.17, 15) is 4.79 Å². The topological polar surface area (TPSA) is 74.5 Å². The highest BCUT2D eigenvalue weighted by atomic mass is 16.5. The van der Waals surface area contributed by atoms with Crippen LogP contribution in [0.25, 0.3) is 0 Å². The standard InChI is InChI=1S/C12H21N5O2/c1-16(2)12(18)17-7-4-10(5-8-17)13-6-3-11-14-9-19-15-11/h9-10,13H,3-8H2,1-2H3. The fraction of sp³-hybridized carbons (Fsp3) is 0.750. The zero-order chi connectivity index (χ0) is 13.7. The van der Waals surface area contributed by atoms with Crippen molar-refractivity contribution < 1.29 is 9.32 Å². The number of rotatable bonds is 4. The Kier molecular flexibility index (Phi) is 4.73. The normalized spacial score (nSPS) is 16.6. The van der Waals surface area contributed by atoms with Gasteiger partial charge in [0.25, 0.3) is 0 Å². The number of likely N-dealkylation sites (tertiary alicyclic amines) is 1.